The molecule has 1 atom stereocenters. The van der Waals surface area contributed by atoms with Gasteiger partial charge < -0.3 is 10.3 Å². The van der Waals surface area contributed by atoms with Gasteiger partial charge in [0.1, 0.15) is 5.82 Å². The number of nitrogens with one attached hydrogen (secondary N) is 1. The summed E-state index contributed by atoms with van der Waals surface area (Å²) in [6, 6.07) is 0.260. The molecule has 0 saturated carbocycles. The third-order valence-electron chi connectivity index (χ3n) is 3.57. The van der Waals surface area contributed by atoms with Crippen molar-refractivity contribution < 1.29 is 0 Å². The van der Waals surface area contributed by atoms with Gasteiger partial charge in [-0.25, -0.2) is 4.98 Å². The Kier molecular flexibility index (Phi) is 2.29. The Labute approximate surface area is 100 Å². The van der Waals surface area contributed by atoms with Crippen LogP contribution in [0.25, 0.3) is 11.4 Å². The second-order valence-electron chi connectivity index (χ2n) is 4.80. The minimum absolute atomic E-state index is 0.260. The predicted octanol–water partition coefficient (Wildman–Crippen LogP) is 0.935. The lowest BCUT2D eigenvalue weighted by Gasteiger charge is -2.17. The second-order valence-corrected chi connectivity index (χ2v) is 4.80. The van der Waals surface area contributed by atoms with E-state index in [1.807, 2.05) is 13.1 Å². The minimum Gasteiger partial charge on any atom is -0.331 e. The first-order valence-corrected chi connectivity index (χ1v) is 5.97. The Balaban J connectivity index is 2.11. The highest BCUT2D eigenvalue weighted by molar-refractivity contribution is 5.58. The molecule has 0 fully saturated rings. The van der Waals surface area contributed by atoms with Gasteiger partial charge in [-0.05, 0) is 19.8 Å². The van der Waals surface area contributed by atoms with Crippen LogP contribution in [0.15, 0.2) is 6.20 Å². The molecule has 17 heavy (non-hydrogen) atoms. The van der Waals surface area contributed by atoms with Crippen molar-refractivity contribution in [2.75, 3.05) is 0 Å². The normalized spacial score (nSPS) is 19.4. The van der Waals surface area contributed by atoms with Crippen LogP contribution in [0.3, 0.4) is 0 Å². The third-order valence-corrected chi connectivity index (χ3v) is 3.57. The molecular weight excluding hydrogens is 214 g/mol. The van der Waals surface area contributed by atoms with E-state index in [1.54, 1.807) is 0 Å². The zero-order chi connectivity index (χ0) is 12.0. The molecule has 90 valence electrons. The zero-order valence-electron chi connectivity index (χ0n) is 10.2. The first-order valence-electron chi connectivity index (χ1n) is 5.97. The Morgan fingerprint density at radius 3 is 3.06 bits per heavy atom. The highest BCUT2D eigenvalue weighted by atomic mass is 15.1. The lowest BCUT2D eigenvalue weighted by atomic mass is 9.97. The average Bonchev–Trinajstić information content (AvgIpc) is 2.83. The van der Waals surface area contributed by atoms with Crippen molar-refractivity contribution in [1.82, 2.24) is 19.7 Å². The molecule has 1 unspecified atom stereocenters. The van der Waals surface area contributed by atoms with Crippen molar-refractivity contribution in [3.8, 4) is 11.4 Å². The minimum atomic E-state index is 0.260. The second kappa shape index (κ2) is 3.70. The van der Waals surface area contributed by atoms with E-state index >= 15 is 0 Å². The molecule has 1 aliphatic rings. The summed E-state index contributed by atoms with van der Waals surface area (Å²) in [5.41, 5.74) is 10.6. The molecule has 0 amide bonds. The average molecular weight is 231 g/mol. The molecule has 0 bridgehead atoms. The van der Waals surface area contributed by atoms with E-state index in [1.165, 1.54) is 5.69 Å². The molecule has 0 aromatic carbocycles. The zero-order valence-corrected chi connectivity index (χ0v) is 10.2. The van der Waals surface area contributed by atoms with Gasteiger partial charge >= 0.3 is 0 Å². The highest BCUT2D eigenvalue weighted by Gasteiger charge is 2.23. The van der Waals surface area contributed by atoms with Crippen molar-refractivity contribution in [1.29, 1.82) is 0 Å². The van der Waals surface area contributed by atoms with Crippen LogP contribution in [0.2, 0.25) is 0 Å². The summed E-state index contributed by atoms with van der Waals surface area (Å²) in [6.07, 6.45) is 4.80. The number of fused-ring (bicyclic) bond motifs is 1. The number of nitrogens with two attached hydrogens (primary N) is 1. The molecule has 2 heterocycles. The molecule has 0 saturated heterocycles. The van der Waals surface area contributed by atoms with Crippen LogP contribution in [0.5, 0.6) is 0 Å². The summed E-state index contributed by atoms with van der Waals surface area (Å²) in [5, 5.41) is 7.01. The number of hydrogen-bond donors (Lipinski definition) is 2. The van der Waals surface area contributed by atoms with Crippen molar-refractivity contribution in [2.24, 2.45) is 12.8 Å². The summed E-state index contributed by atoms with van der Waals surface area (Å²) in [6.45, 7) is 2.02. The van der Waals surface area contributed by atoms with E-state index in [2.05, 4.69) is 21.8 Å². The van der Waals surface area contributed by atoms with E-state index in [4.69, 9.17) is 10.7 Å². The Hall–Kier alpha value is -1.62. The van der Waals surface area contributed by atoms with Crippen LogP contribution in [0, 0.1) is 6.92 Å². The molecule has 5 nitrogen and oxygen atoms in total. The summed E-state index contributed by atoms with van der Waals surface area (Å²) in [7, 11) is 2.07. The summed E-state index contributed by atoms with van der Waals surface area (Å²) in [5.74, 6) is 0.996. The summed E-state index contributed by atoms with van der Waals surface area (Å²) >= 11 is 0. The molecule has 0 radical (unpaired) electrons. The van der Waals surface area contributed by atoms with Gasteiger partial charge in [-0.2, -0.15) is 5.10 Å². The van der Waals surface area contributed by atoms with Crippen LogP contribution in [0.1, 0.15) is 23.5 Å². The smallest absolute Gasteiger partial charge is 0.143 e. The molecule has 1 aliphatic carbocycles. The molecule has 3 rings (SSSR count). The van der Waals surface area contributed by atoms with Crippen molar-refractivity contribution in [2.45, 2.75) is 32.2 Å². The van der Waals surface area contributed by atoms with E-state index in [0.29, 0.717) is 0 Å². The number of aromatic amines is 1. The van der Waals surface area contributed by atoms with E-state index in [-0.39, 0.29) is 6.04 Å². The molecule has 2 aromatic heterocycles. The first kappa shape index (κ1) is 10.5. The summed E-state index contributed by atoms with van der Waals surface area (Å²) < 4.78 is 2.18. The number of hydrogen-bond acceptors (Lipinski definition) is 3. The van der Waals surface area contributed by atoms with Crippen LogP contribution >= 0.6 is 0 Å². The number of H-pyrrole nitrogens is 1. The van der Waals surface area contributed by atoms with Gasteiger partial charge in [0.05, 0.1) is 17.5 Å². The quantitative estimate of drug-likeness (QED) is 0.767. The van der Waals surface area contributed by atoms with Gasteiger partial charge in [-0.15, -0.1) is 0 Å². The standard InChI is InChI=1S/C12H17N5/c1-7-9(6-14-16-7)12-15-10-5-8(13)3-4-11(10)17(12)2/h6,8H,3-5,13H2,1-2H3,(H,14,16). The monoisotopic (exact) mass is 231 g/mol. The van der Waals surface area contributed by atoms with E-state index in [0.717, 1.165) is 42.0 Å². The fourth-order valence-electron chi connectivity index (χ4n) is 2.55. The van der Waals surface area contributed by atoms with E-state index < -0.39 is 0 Å². The van der Waals surface area contributed by atoms with Crippen molar-refractivity contribution >= 4 is 0 Å². The number of rotatable bonds is 1. The van der Waals surface area contributed by atoms with Gasteiger partial charge in [-0.3, -0.25) is 5.10 Å². The van der Waals surface area contributed by atoms with Crippen molar-refractivity contribution in [3.63, 3.8) is 0 Å². The SMILES string of the molecule is Cc1[nH]ncc1-c1nc2c(n1C)CCC(N)C2. The van der Waals surface area contributed by atoms with Gasteiger partial charge in [-0.1, -0.05) is 0 Å². The molecular formula is C12H17N5. The molecule has 0 aliphatic heterocycles. The largest absolute Gasteiger partial charge is 0.331 e. The van der Waals surface area contributed by atoms with Crippen LogP contribution < -0.4 is 5.73 Å². The van der Waals surface area contributed by atoms with E-state index in [9.17, 15) is 0 Å². The van der Waals surface area contributed by atoms with Gasteiger partial charge in [0.2, 0.25) is 0 Å². The molecule has 5 heteroatoms. The highest BCUT2D eigenvalue weighted by Crippen LogP contribution is 2.27. The molecule has 2 aromatic rings. The summed E-state index contributed by atoms with van der Waals surface area (Å²) in [4.78, 5) is 4.73. The Bertz CT molecular complexity index is 551. The van der Waals surface area contributed by atoms with Gasteiger partial charge in [0, 0.05) is 30.9 Å². The van der Waals surface area contributed by atoms with Gasteiger partial charge in [0.15, 0.2) is 0 Å². The predicted molar refractivity (Wildman–Crippen MR) is 65.5 cm³/mol. The topological polar surface area (TPSA) is 72.5 Å². The Morgan fingerprint density at radius 1 is 1.53 bits per heavy atom. The first-order chi connectivity index (χ1) is 8.16. The number of aryl methyl sites for hydroxylation is 1. The fraction of sp³-hybridized carbons (Fsp3) is 0.500. The number of imidazole rings is 1. The van der Waals surface area contributed by atoms with Crippen molar-refractivity contribution in [3.05, 3.63) is 23.3 Å². The lowest BCUT2D eigenvalue weighted by Crippen LogP contribution is -2.28. The van der Waals surface area contributed by atoms with Crippen LogP contribution in [-0.4, -0.2) is 25.8 Å². The fourth-order valence-corrected chi connectivity index (χ4v) is 2.55. The molecule has 3 N–H and O–H groups in total. The maximum Gasteiger partial charge on any atom is 0.143 e. The lowest BCUT2D eigenvalue weighted by molar-refractivity contribution is 0.554. The number of nitrogens with zero attached hydrogens (tertiary/aromatic N) is 3. The third kappa shape index (κ3) is 1.58. The maximum absolute atomic E-state index is 5.99. The maximum atomic E-state index is 5.99. The molecule has 0 spiro atoms. The van der Waals surface area contributed by atoms with Crippen LogP contribution in [-0.2, 0) is 19.9 Å². The number of aromatic nitrogens is 4. The Morgan fingerprint density at radius 2 is 2.35 bits per heavy atom. The van der Waals surface area contributed by atoms with Crippen LogP contribution in [0.4, 0.5) is 0 Å². The van der Waals surface area contributed by atoms with Gasteiger partial charge in [0.25, 0.3) is 0 Å².